The van der Waals surface area contributed by atoms with Crippen molar-refractivity contribution in [2.24, 2.45) is 0 Å². The molecule has 0 spiro atoms. The fraction of sp³-hybridized carbons (Fsp3) is 0.0323. The first-order chi connectivity index (χ1) is 31.4. The van der Waals surface area contributed by atoms with Crippen LogP contribution >= 0.6 is 23.2 Å². The van der Waals surface area contributed by atoms with E-state index < -0.39 is 0 Å². The quantitative estimate of drug-likeness (QED) is 0.105. The van der Waals surface area contributed by atoms with Crippen molar-refractivity contribution >= 4 is 120 Å². The van der Waals surface area contributed by atoms with Crippen molar-refractivity contribution in [2.45, 2.75) is 13.8 Å². The van der Waals surface area contributed by atoms with E-state index in [1.165, 1.54) is 86.5 Å². The van der Waals surface area contributed by atoms with E-state index in [1.807, 2.05) is 48.5 Å². The first-order valence-electron chi connectivity index (χ1n) is 21.7. The molecule has 0 aliphatic rings. The minimum Gasteiger partial charge on any atom is -0.0830 e. The van der Waals surface area contributed by atoms with Crippen LogP contribution in [0.4, 0.5) is 0 Å². The molecule has 0 heterocycles. The van der Waals surface area contributed by atoms with Crippen molar-refractivity contribution in [3.8, 4) is 0 Å². The highest BCUT2D eigenvalue weighted by Gasteiger charge is 2.10. The molecule has 0 aliphatic heterocycles. The normalized spacial score (nSPS) is 11.1. The third-order valence-electron chi connectivity index (χ3n) is 12.5. The van der Waals surface area contributed by atoms with Gasteiger partial charge in [0.1, 0.15) is 0 Å². The van der Waals surface area contributed by atoms with Gasteiger partial charge in [-0.3, -0.25) is 0 Å². The van der Waals surface area contributed by atoms with Crippen LogP contribution in [0.2, 0.25) is 10.0 Å². The summed E-state index contributed by atoms with van der Waals surface area (Å²) in [5, 5.41) is 24.2. The van der Waals surface area contributed by atoms with Crippen molar-refractivity contribution < 1.29 is 0 Å². The highest BCUT2D eigenvalue weighted by atomic mass is 35.5. The van der Waals surface area contributed by atoms with Gasteiger partial charge in [-0.2, -0.15) is 0 Å². The van der Waals surface area contributed by atoms with E-state index in [2.05, 4.69) is 196 Å². The highest BCUT2D eigenvalue weighted by molar-refractivity contribution is 6.47. The van der Waals surface area contributed by atoms with Gasteiger partial charge in [-0.1, -0.05) is 229 Å². The van der Waals surface area contributed by atoms with Crippen LogP contribution in [0.25, 0.3) is 97.0 Å². The van der Waals surface area contributed by atoms with E-state index in [-0.39, 0.29) is 0 Å². The monoisotopic (exact) mass is 858 g/mol. The van der Waals surface area contributed by atoms with Crippen LogP contribution in [0.3, 0.4) is 0 Å². The van der Waals surface area contributed by atoms with Crippen LogP contribution < -0.4 is 0 Å². The zero-order chi connectivity index (χ0) is 43.6. The molecule has 0 unspecified atom stereocenters. The second-order valence-corrected chi connectivity index (χ2v) is 17.1. The summed E-state index contributed by atoms with van der Waals surface area (Å²) in [7, 11) is 0. The molecule has 306 valence electrons. The molecular weight excluding hydrogens is 816 g/mol. The third kappa shape index (κ3) is 7.88. The average molecular weight is 860 g/mol. The van der Waals surface area contributed by atoms with Gasteiger partial charge in [-0.15, -0.1) is 0 Å². The summed E-state index contributed by atoms with van der Waals surface area (Å²) in [5.41, 5.74) is 2.77. The SMILES string of the molecule is Cc1c2ccccc2c(C)c2ccccc12.Clc1c2ccccc2c(Cl)c2ccccc12.c1ccc2cc3c(ccc4ccccc43)cc2c1.c1ccc2cc3ccccc3cc2c1. The average Bonchev–Trinajstić information content (AvgIpc) is 3.36. The van der Waals surface area contributed by atoms with Gasteiger partial charge in [0.15, 0.2) is 0 Å². The van der Waals surface area contributed by atoms with E-state index in [0.717, 1.165) is 31.6 Å². The van der Waals surface area contributed by atoms with Gasteiger partial charge in [0.2, 0.25) is 0 Å². The Kier molecular flexibility index (Phi) is 11.4. The molecule has 13 aromatic carbocycles. The van der Waals surface area contributed by atoms with Gasteiger partial charge in [0, 0.05) is 21.5 Å². The number of fused-ring (bicyclic) bond motifs is 10. The summed E-state index contributed by atoms with van der Waals surface area (Å²) in [5.74, 6) is 0. The minimum atomic E-state index is 0.774. The van der Waals surface area contributed by atoms with Crippen LogP contribution in [0.1, 0.15) is 11.1 Å². The second-order valence-electron chi connectivity index (χ2n) is 16.3. The van der Waals surface area contributed by atoms with Crippen LogP contribution in [-0.4, -0.2) is 0 Å². The Balaban J connectivity index is 0.000000101. The molecule has 13 aromatic rings. The molecule has 0 fully saturated rings. The molecule has 64 heavy (non-hydrogen) atoms. The van der Waals surface area contributed by atoms with E-state index >= 15 is 0 Å². The molecule has 2 heteroatoms. The third-order valence-corrected chi connectivity index (χ3v) is 13.3. The summed E-state index contributed by atoms with van der Waals surface area (Å²) in [4.78, 5) is 0. The molecular formula is C62H44Cl2. The number of hydrogen-bond donors (Lipinski definition) is 0. The number of rotatable bonds is 0. The van der Waals surface area contributed by atoms with E-state index in [0.29, 0.717) is 0 Å². The maximum Gasteiger partial charge on any atom is 0.0563 e. The fourth-order valence-electron chi connectivity index (χ4n) is 9.17. The lowest BCUT2D eigenvalue weighted by molar-refractivity contribution is 1.52. The molecule has 0 N–H and O–H groups in total. The van der Waals surface area contributed by atoms with Gasteiger partial charge in [-0.25, -0.2) is 0 Å². The molecule has 0 amide bonds. The lowest BCUT2D eigenvalue weighted by Gasteiger charge is -2.11. The highest BCUT2D eigenvalue weighted by Crippen LogP contribution is 2.39. The molecule has 0 saturated heterocycles. The largest absolute Gasteiger partial charge is 0.0830 e. The van der Waals surface area contributed by atoms with Crippen LogP contribution in [0.15, 0.2) is 231 Å². The molecule has 0 saturated carbocycles. The lowest BCUT2D eigenvalue weighted by atomic mass is 9.93. The van der Waals surface area contributed by atoms with Crippen molar-refractivity contribution in [1.29, 1.82) is 0 Å². The lowest BCUT2D eigenvalue weighted by Crippen LogP contribution is -1.87. The second kappa shape index (κ2) is 17.9. The molecule has 0 atom stereocenters. The van der Waals surface area contributed by atoms with Crippen LogP contribution in [0.5, 0.6) is 0 Å². The molecule has 13 rings (SSSR count). The predicted molar refractivity (Wildman–Crippen MR) is 283 cm³/mol. The standard InChI is InChI=1S/C18H12.C16H14.C14H8Cl2.C14H10/c1-2-7-15-12-18-16(11-14(15)6-1)10-9-13-5-3-4-8-17(13)18;1-11-13-7-3-5-9-15(13)12(2)16-10-6-4-8-14(11)16;15-13-9-5-1-2-6-10(9)14(16)12-8-4-3-7-11(12)13;1-2-6-12-10-14-8-4-3-7-13(14)9-11(12)5-1/h1-12H;3-10H,1-2H3;1-8H;1-10H. The minimum absolute atomic E-state index is 0.774. The Bertz CT molecular complexity index is 3380. The number of aryl methyl sites for hydroxylation is 2. The van der Waals surface area contributed by atoms with E-state index in [9.17, 15) is 0 Å². The Hall–Kier alpha value is -7.22. The van der Waals surface area contributed by atoms with Gasteiger partial charge in [-0.05, 0) is 125 Å². The van der Waals surface area contributed by atoms with Crippen LogP contribution in [0, 0.1) is 13.8 Å². The van der Waals surface area contributed by atoms with Crippen molar-refractivity contribution in [3.63, 3.8) is 0 Å². The first kappa shape index (κ1) is 40.8. The summed E-state index contributed by atoms with van der Waals surface area (Å²) in [6.07, 6.45) is 0. The van der Waals surface area contributed by atoms with E-state index in [1.54, 1.807) is 0 Å². The smallest absolute Gasteiger partial charge is 0.0563 e. The topological polar surface area (TPSA) is 0 Å². The maximum atomic E-state index is 6.39. The molecule has 0 aliphatic carbocycles. The Morgan fingerprint density at radius 2 is 0.438 bits per heavy atom. The molecule has 0 radical (unpaired) electrons. The van der Waals surface area contributed by atoms with E-state index in [4.69, 9.17) is 23.2 Å². The van der Waals surface area contributed by atoms with Gasteiger partial charge in [0.25, 0.3) is 0 Å². The Labute approximate surface area is 383 Å². The number of halogens is 2. The van der Waals surface area contributed by atoms with Gasteiger partial charge >= 0.3 is 0 Å². The van der Waals surface area contributed by atoms with Gasteiger partial charge < -0.3 is 0 Å². The molecule has 0 nitrogen and oxygen atoms in total. The maximum absolute atomic E-state index is 6.39. The summed E-state index contributed by atoms with van der Waals surface area (Å²) in [6, 6.07) is 80.7. The summed E-state index contributed by atoms with van der Waals surface area (Å²) in [6.45, 7) is 4.42. The van der Waals surface area contributed by atoms with Crippen molar-refractivity contribution in [3.05, 3.63) is 252 Å². The number of hydrogen-bond acceptors (Lipinski definition) is 0. The van der Waals surface area contributed by atoms with Crippen LogP contribution in [-0.2, 0) is 0 Å². The summed E-state index contributed by atoms with van der Waals surface area (Å²) >= 11 is 12.8. The zero-order valence-corrected chi connectivity index (χ0v) is 37.2. The number of benzene rings is 13. The van der Waals surface area contributed by atoms with Gasteiger partial charge in [0.05, 0.1) is 10.0 Å². The molecule has 0 aromatic heterocycles. The van der Waals surface area contributed by atoms with Crippen molar-refractivity contribution in [2.75, 3.05) is 0 Å². The van der Waals surface area contributed by atoms with Crippen molar-refractivity contribution in [1.82, 2.24) is 0 Å². The summed E-state index contributed by atoms with van der Waals surface area (Å²) < 4.78 is 0. The Morgan fingerprint density at radius 1 is 0.203 bits per heavy atom. The predicted octanol–water partition coefficient (Wildman–Crippen LogP) is 19.0. The Morgan fingerprint density at radius 3 is 0.781 bits per heavy atom. The molecule has 0 bridgehead atoms. The fourth-order valence-corrected chi connectivity index (χ4v) is 9.82. The zero-order valence-electron chi connectivity index (χ0n) is 35.7. The first-order valence-corrected chi connectivity index (χ1v) is 22.5.